The van der Waals surface area contributed by atoms with Crippen LogP contribution in [0, 0.1) is 0 Å². The number of aromatic nitrogens is 3. The number of phenolic OH excluding ortho intramolecular Hbond substituents is 1. The van der Waals surface area contributed by atoms with Gasteiger partial charge in [-0.05, 0) is 24.3 Å². The summed E-state index contributed by atoms with van der Waals surface area (Å²) in [5.74, 6) is 0.724. The fourth-order valence-corrected chi connectivity index (χ4v) is 2.56. The second kappa shape index (κ2) is 6.58. The fraction of sp³-hybridized carbons (Fsp3) is 0. The Labute approximate surface area is 146 Å². The molecule has 0 bridgehead atoms. The summed E-state index contributed by atoms with van der Waals surface area (Å²) in [5, 5.41) is 13.2. The number of hydrogen-bond acceptors (Lipinski definition) is 5. The SMILES string of the molecule is Oc1c(Cl)cc(Nc2cc(Cl)nc(-c3cccnc3)n2)cc1Cl. The quantitative estimate of drug-likeness (QED) is 0.506. The molecule has 116 valence electrons. The highest BCUT2D eigenvalue weighted by molar-refractivity contribution is 6.37. The summed E-state index contributed by atoms with van der Waals surface area (Å²) >= 11 is 17.9. The van der Waals surface area contributed by atoms with Gasteiger partial charge in [0.1, 0.15) is 11.0 Å². The lowest BCUT2D eigenvalue weighted by molar-refractivity contribution is 0.476. The number of nitrogens with zero attached hydrogens (tertiary/aromatic N) is 3. The van der Waals surface area contributed by atoms with E-state index in [1.54, 1.807) is 24.5 Å². The number of rotatable bonds is 3. The number of anilines is 2. The van der Waals surface area contributed by atoms with Gasteiger partial charge >= 0.3 is 0 Å². The van der Waals surface area contributed by atoms with Gasteiger partial charge in [-0.3, -0.25) is 4.98 Å². The van der Waals surface area contributed by atoms with Crippen LogP contribution in [-0.2, 0) is 0 Å². The minimum atomic E-state index is -0.171. The maximum absolute atomic E-state index is 9.59. The Hall–Kier alpha value is -2.08. The first-order valence-corrected chi connectivity index (χ1v) is 7.56. The molecule has 0 atom stereocenters. The zero-order chi connectivity index (χ0) is 16.4. The Morgan fingerprint density at radius 2 is 1.74 bits per heavy atom. The van der Waals surface area contributed by atoms with E-state index in [4.69, 9.17) is 34.8 Å². The Bertz CT molecular complexity index is 836. The van der Waals surface area contributed by atoms with Crippen molar-refractivity contribution in [1.29, 1.82) is 0 Å². The maximum atomic E-state index is 9.59. The monoisotopic (exact) mass is 366 g/mol. The molecule has 3 aromatic rings. The highest BCUT2D eigenvalue weighted by Crippen LogP contribution is 2.35. The molecule has 0 aliphatic rings. The van der Waals surface area contributed by atoms with E-state index in [1.807, 2.05) is 6.07 Å². The lowest BCUT2D eigenvalue weighted by atomic mass is 10.2. The zero-order valence-electron chi connectivity index (χ0n) is 11.5. The third-order valence-electron chi connectivity index (χ3n) is 2.90. The van der Waals surface area contributed by atoms with Crippen molar-refractivity contribution in [3.8, 4) is 17.1 Å². The molecular formula is C15H9Cl3N4O. The smallest absolute Gasteiger partial charge is 0.164 e. The molecule has 2 aromatic heterocycles. The first-order valence-electron chi connectivity index (χ1n) is 6.43. The number of pyridine rings is 1. The van der Waals surface area contributed by atoms with Gasteiger partial charge in [0, 0.05) is 29.7 Å². The molecule has 2 heterocycles. The van der Waals surface area contributed by atoms with E-state index in [0.717, 1.165) is 5.56 Å². The molecule has 2 N–H and O–H groups in total. The van der Waals surface area contributed by atoms with Gasteiger partial charge in [0.2, 0.25) is 0 Å². The standard InChI is InChI=1S/C15H9Cl3N4O/c16-10-4-9(5-11(17)14(10)23)20-13-6-12(18)21-15(22-13)8-2-1-3-19-7-8/h1-7,23H,(H,20,21,22). The van der Waals surface area contributed by atoms with Crippen molar-refractivity contribution in [2.75, 3.05) is 5.32 Å². The number of benzene rings is 1. The largest absolute Gasteiger partial charge is 0.505 e. The summed E-state index contributed by atoms with van der Waals surface area (Å²) in [6.07, 6.45) is 3.30. The van der Waals surface area contributed by atoms with Crippen molar-refractivity contribution in [3.63, 3.8) is 0 Å². The van der Waals surface area contributed by atoms with Crippen LogP contribution >= 0.6 is 34.8 Å². The molecule has 0 aliphatic carbocycles. The predicted molar refractivity (Wildman–Crippen MR) is 91.7 cm³/mol. The Morgan fingerprint density at radius 3 is 2.39 bits per heavy atom. The summed E-state index contributed by atoms with van der Waals surface area (Å²) in [5.41, 5.74) is 1.30. The molecule has 0 aliphatic heterocycles. The van der Waals surface area contributed by atoms with Gasteiger partial charge in [-0.2, -0.15) is 0 Å². The molecule has 0 radical (unpaired) electrons. The Morgan fingerprint density at radius 1 is 1.00 bits per heavy atom. The van der Waals surface area contributed by atoms with E-state index in [1.165, 1.54) is 12.1 Å². The minimum absolute atomic E-state index is 0.132. The Kier molecular flexibility index (Phi) is 4.52. The summed E-state index contributed by atoms with van der Waals surface area (Å²) in [7, 11) is 0. The van der Waals surface area contributed by atoms with E-state index in [0.29, 0.717) is 17.3 Å². The molecule has 8 heteroatoms. The first-order chi connectivity index (χ1) is 11.0. The number of phenols is 1. The average Bonchev–Trinajstić information content (AvgIpc) is 2.53. The molecule has 0 amide bonds. The van der Waals surface area contributed by atoms with Gasteiger partial charge in [0.05, 0.1) is 10.0 Å². The summed E-state index contributed by atoms with van der Waals surface area (Å²) < 4.78 is 0. The number of aromatic hydroxyl groups is 1. The van der Waals surface area contributed by atoms with E-state index >= 15 is 0 Å². The van der Waals surface area contributed by atoms with Crippen molar-refractivity contribution >= 4 is 46.3 Å². The number of hydrogen-bond donors (Lipinski definition) is 2. The third-order valence-corrected chi connectivity index (χ3v) is 3.67. The van der Waals surface area contributed by atoms with Gasteiger partial charge in [-0.25, -0.2) is 9.97 Å². The lowest BCUT2D eigenvalue weighted by Gasteiger charge is -2.10. The van der Waals surface area contributed by atoms with Gasteiger partial charge in [0.15, 0.2) is 11.6 Å². The topological polar surface area (TPSA) is 70.9 Å². The Balaban J connectivity index is 1.96. The molecule has 5 nitrogen and oxygen atoms in total. The van der Waals surface area contributed by atoms with Crippen LogP contribution in [0.3, 0.4) is 0 Å². The summed E-state index contributed by atoms with van der Waals surface area (Å²) in [4.78, 5) is 12.6. The molecule has 23 heavy (non-hydrogen) atoms. The number of halogens is 3. The van der Waals surface area contributed by atoms with Crippen LogP contribution in [0.15, 0.2) is 42.7 Å². The molecule has 0 saturated heterocycles. The summed E-state index contributed by atoms with van der Waals surface area (Å²) in [6.45, 7) is 0. The van der Waals surface area contributed by atoms with E-state index in [-0.39, 0.29) is 20.9 Å². The molecule has 1 aromatic carbocycles. The lowest BCUT2D eigenvalue weighted by Crippen LogP contribution is -1.98. The highest BCUT2D eigenvalue weighted by Gasteiger charge is 2.10. The van der Waals surface area contributed by atoms with Crippen LogP contribution < -0.4 is 5.32 Å². The van der Waals surface area contributed by atoms with Gasteiger partial charge in [0.25, 0.3) is 0 Å². The maximum Gasteiger partial charge on any atom is 0.164 e. The molecule has 0 unspecified atom stereocenters. The highest BCUT2D eigenvalue weighted by atomic mass is 35.5. The zero-order valence-corrected chi connectivity index (χ0v) is 13.7. The van der Waals surface area contributed by atoms with Crippen molar-refractivity contribution in [2.24, 2.45) is 0 Å². The minimum Gasteiger partial charge on any atom is -0.505 e. The van der Waals surface area contributed by atoms with Crippen molar-refractivity contribution in [1.82, 2.24) is 15.0 Å². The van der Waals surface area contributed by atoms with Gasteiger partial charge in [-0.15, -0.1) is 0 Å². The molecule has 0 saturated carbocycles. The van der Waals surface area contributed by atoms with Gasteiger partial charge < -0.3 is 10.4 Å². The van der Waals surface area contributed by atoms with Gasteiger partial charge in [-0.1, -0.05) is 34.8 Å². The molecule has 0 fully saturated rings. The van der Waals surface area contributed by atoms with Crippen LogP contribution in [0.25, 0.3) is 11.4 Å². The predicted octanol–water partition coefficient (Wildman–Crippen LogP) is 4.95. The normalized spacial score (nSPS) is 10.6. The summed E-state index contributed by atoms with van der Waals surface area (Å²) in [6, 6.07) is 8.24. The van der Waals surface area contributed by atoms with Crippen LogP contribution in [0.2, 0.25) is 15.2 Å². The second-order valence-corrected chi connectivity index (χ2v) is 5.76. The van der Waals surface area contributed by atoms with Crippen molar-refractivity contribution in [3.05, 3.63) is 57.9 Å². The molecular weight excluding hydrogens is 359 g/mol. The molecule has 3 rings (SSSR count). The van der Waals surface area contributed by atoms with Crippen LogP contribution in [0.5, 0.6) is 5.75 Å². The van der Waals surface area contributed by atoms with Crippen molar-refractivity contribution in [2.45, 2.75) is 0 Å². The van der Waals surface area contributed by atoms with Crippen LogP contribution in [0.1, 0.15) is 0 Å². The van der Waals surface area contributed by atoms with Crippen LogP contribution in [0.4, 0.5) is 11.5 Å². The van der Waals surface area contributed by atoms with E-state index < -0.39 is 0 Å². The van der Waals surface area contributed by atoms with Crippen LogP contribution in [-0.4, -0.2) is 20.1 Å². The van der Waals surface area contributed by atoms with E-state index in [9.17, 15) is 5.11 Å². The third kappa shape index (κ3) is 3.64. The second-order valence-electron chi connectivity index (χ2n) is 4.55. The molecule has 0 spiro atoms. The fourth-order valence-electron chi connectivity index (χ4n) is 1.89. The average molecular weight is 368 g/mol. The number of nitrogens with one attached hydrogen (secondary N) is 1. The van der Waals surface area contributed by atoms with E-state index in [2.05, 4.69) is 20.3 Å². The first kappa shape index (κ1) is 15.8. The van der Waals surface area contributed by atoms with Crippen molar-refractivity contribution < 1.29 is 5.11 Å².